The van der Waals surface area contributed by atoms with E-state index in [1.54, 1.807) is 0 Å². The van der Waals surface area contributed by atoms with Crippen LogP contribution in [0, 0.1) is 5.92 Å². The fourth-order valence-corrected chi connectivity index (χ4v) is 3.97. The number of fused-ring (bicyclic) bond motifs is 1. The van der Waals surface area contributed by atoms with Gasteiger partial charge in [0.25, 0.3) is 0 Å². The Balaban J connectivity index is 1.22. The Kier molecular flexibility index (Phi) is 6.03. The number of carbonyl (C=O) groups is 1. The van der Waals surface area contributed by atoms with Gasteiger partial charge in [-0.25, -0.2) is 0 Å². The van der Waals surface area contributed by atoms with E-state index in [9.17, 15) is 4.79 Å². The highest BCUT2D eigenvalue weighted by molar-refractivity contribution is 6.32. The first-order valence-corrected chi connectivity index (χ1v) is 10.2. The van der Waals surface area contributed by atoms with Crippen molar-refractivity contribution in [1.29, 1.82) is 0 Å². The summed E-state index contributed by atoms with van der Waals surface area (Å²) in [6, 6.07) is 15.5. The second kappa shape index (κ2) is 8.84. The summed E-state index contributed by atoms with van der Waals surface area (Å²) in [4.78, 5) is 17.2. The van der Waals surface area contributed by atoms with Gasteiger partial charge in [-0.1, -0.05) is 41.9 Å². The highest BCUT2D eigenvalue weighted by Crippen LogP contribution is 2.28. The molecule has 6 heteroatoms. The van der Waals surface area contributed by atoms with Crippen LogP contribution in [0.1, 0.15) is 5.56 Å². The van der Waals surface area contributed by atoms with Crippen LogP contribution in [0.15, 0.2) is 48.5 Å². The van der Waals surface area contributed by atoms with E-state index in [2.05, 4.69) is 4.90 Å². The Morgan fingerprint density at radius 1 is 1.07 bits per heavy atom. The third kappa shape index (κ3) is 4.42. The number of halogens is 1. The van der Waals surface area contributed by atoms with Crippen molar-refractivity contribution >= 4 is 17.5 Å². The number of nitrogens with zero attached hydrogens (tertiary/aromatic N) is 2. The summed E-state index contributed by atoms with van der Waals surface area (Å²) >= 11 is 6.11. The smallest absolute Gasteiger partial charge is 0.229 e. The Morgan fingerprint density at radius 2 is 1.82 bits per heavy atom. The summed E-state index contributed by atoms with van der Waals surface area (Å²) in [6.07, 6.45) is 0.765. The third-order valence-corrected chi connectivity index (χ3v) is 5.73. The molecule has 0 bridgehead atoms. The summed E-state index contributed by atoms with van der Waals surface area (Å²) in [5, 5.41) is 0.634. The highest BCUT2D eigenvalue weighted by Gasteiger charge is 2.31. The molecule has 2 aromatic rings. The minimum absolute atomic E-state index is 0.0787. The minimum Gasteiger partial charge on any atom is -0.492 e. The van der Waals surface area contributed by atoms with Gasteiger partial charge in [-0.2, -0.15) is 0 Å². The van der Waals surface area contributed by atoms with Crippen LogP contribution in [0.25, 0.3) is 0 Å². The molecule has 2 aliphatic heterocycles. The van der Waals surface area contributed by atoms with Crippen molar-refractivity contribution in [2.75, 3.05) is 45.9 Å². The van der Waals surface area contributed by atoms with Crippen molar-refractivity contribution in [2.45, 2.75) is 6.42 Å². The largest absolute Gasteiger partial charge is 0.492 e. The normalized spacial score (nSPS) is 19.6. The molecule has 2 heterocycles. The Bertz CT molecular complexity index is 821. The molecule has 28 heavy (non-hydrogen) atoms. The second-order valence-corrected chi connectivity index (χ2v) is 7.67. The van der Waals surface area contributed by atoms with E-state index in [0.29, 0.717) is 18.2 Å². The van der Waals surface area contributed by atoms with Crippen molar-refractivity contribution in [3.63, 3.8) is 0 Å². The Labute approximate surface area is 170 Å². The molecule has 1 unspecified atom stereocenters. The second-order valence-electron chi connectivity index (χ2n) is 7.27. The number of hydrogen-bond donors (Lipinski definition) is 0. The van der Waals surface area contributed by atoms with Crippen molar-refractivity contribution in [3.8, 4) is 11.5 Å². The summed E-state index contributed by atoms with van der Waals surface area (Å²) < 4.78 is 11.6. The van der Waals surface area contributed by atoms with Gasteiger partial charge in [-0.15, -0.1) is 0 Å². The average Bonchev–Trinajstić information content (AvgIpc) is 2.75. The molecule has 0 saturated carbocycles. The van der Waals surface area contributed by atoms with Crippen LogP contribution in [0.4, 0.5) is 0 Å². The highest BCUT2D eigenvalue weighted by atomic mass is 35.5. The number of carbonyl (C=O) groups excluding carboxylic acids is 1. The number of ether oxygens (including phenoxy) is 2. The molecule has 1 fully saturated rings. The van der Waals surface area contributed by atoms with Crippen LogP contribution >= 0.6 is 11.6 Å². The van der Waals surface area contributed by atoms with Gasteiger partial charge in [-0.05, 0) is 30.2 Å². The predicted molar refractivity (Wildman–Crippen MR) is 109 cm³/mol. The molecular formula is C22H25ClN2O3. The van der Waals surface area contributed by atoms with E-state index < -0.39 is 0 Å². The van der Waals surface area contributed by atoms with E-state index in [4.69, 9.17) is 21.1 Å². The number of rotatable bonds is 5. The molecule has 2 aliphatic rings. The number of para-hydroxylation sites is 2. The van der Waals surface area contributed by atoms with Crippen molar-refractivity contribution < 1.29 is 14.3 Å². The monoisotopic (exact) mass is 400 g/mol. The first kappa shape index (κ1) is 19.1. The summed E-state index contributed by atoms with van der Waals surface area (Å²) in [5.41, 5.74) is 1.13. The van der Waals surface area contributed by atoms with Gasteiger partial charge in [-0.3, -0.25) is 9.69 Å². The molecule has 1 amide bonds. The van der Waals surface area contributed by atoms with E-state index in [-0.39, 0.29) is 11.8 Å². The predicted octanol–water partition coefficient (Wildman–Crippen LogP) is 3.11. The van der Waals surface area contributed by atoms with Crippen LogP contribution < -0.4 is 9.47 Å². The Morgan fingerprint density at radius 3 is 2.64 bits per heavy atom. The van der Waals surface area contributed by atoms with Gasteiger partial charge in [0.05, 0.1) is 10.9 Å². The first-order chi connectivity index (χ1) is 13.7. The summed E-state index contributed by atoms with van der Waals surface area (Å²) in [7, 11) is 0. The molecule has 0 radical (unpaired) electrons. The molecule has 0 N–H and O–H groups in total. The number of piperazine rings is 1. The van der Waals surface area contributed by atoms with Gasteiger partial charge in [0.2, 0.25) is 5.91 Å². The molecule has 0 aromatic heterocycles. The molecule has 5 nitrogen and oxygen atoms in total. The van der Waals surface area contributed by atoms with Crippen molar-refractivity contribution in [1.82, 2.24) is 9.80 Å². The summed E-state index contributed by atoms with van der Waals surface area (Å²) in [6.45, 7) is 5.12. The van der Waals surface area contributed by atoms with E-state index in [1.807, 2.05) is 53.4 Å². The minimum atomic E-state index is -0.0787. The fourth-order valence-electron chi connectivity index (χ4n) is 3.78. The lowest BCUT2D eigenvalue weighted by molar-refractivity contribution is -0.138. The lowest BCUT2D eigenvalue weighted by Gasteiger charge is -2.37. The van der Waals surface area contributed by atoms with Gasteiger partial charge in [0, 0.05) is 32.7 Å². The zero-order chi connectivity index (χ0) is 19.3. The Hall–Kier alpha value is -2.24. The molecular weight excluding hydrogens is 376 g/mol. The molecule has 0 spiro atoms. The van der Waals surface area contributed by atoms with Crippen LogP contribution in [-0.4, -0.2) is 61.6 Å². The molecule has 2 aromatic carbocycles. The molecule has 1 atom stereocenters. The molecule has 4 rings (SSSR count). The quantitative estimate of drug-likeness (QED) is 0.773. The number of benzene rings is 2. The topological polar surface area (TPSA) is 42.0 Å². The van der Waals surface area contributed by atoms with Gasteiger partial charge in [0.1, 0.15) is 24.7 Å². The van der Waals surface area contributed by atoms with E-state index in [1.165, 1.54) is 0 Å². The van der Waals surface area contributed by atoms with Gasteiger partial charge < -0.3 is 14.4 Å². The van der Waals surface area contributed by atoms with Crippen molar-refractivity contribution in [3.05, 3.63) is 59.1 Å². The zero-order valence-corrected chi connectivity index (χ0v) is 16.6. The van der Waals surface area contributed by atoms with Crippen LogP contribution in [0.3, 0.4) is 0 Å². The van der Waals surface area contributed by atoms with Gasteiger partial charge in [0.15, 0.2) is 0 Å². The van der Waals surface area contributed by atoms with Gasteiger partial charge >= 0.3 is 0 Å². The van der Waals surface area contributed by atoms with E-state index >= 15 is 0 Å². The fraction of sp³-hybridized carbons (Fsp3) is 0.409. The molecule has 1 saturated heterocycles. The van der Waals surface area contributed by atoms with Crippen LogP contribution in [-0.2, 0) is 11.2 Å². The summed E-state index contributed by atoms with van der Waals surface area (Å²) in [5.74, 6) is 1.76. The van der Waals surface area contributed by atoms with Crippen LogP contribution in [0.5, 0.6) is 11.5 Å². The maximum Gasteiger partial charge on any atom is 0.229 e. The molecule has 0 aliphatic carbocycles. The SMILES string of the molecule is O=C(C1COc2ccccc2C1)N1CCN(CCOc2ccccc2Cl)CC1. The van der Waals surface area contributed by atoms with E-state index in [0.717, 1.165) is 56.2 Å². The maximum absolute atomic E-state index is 12.9. The average molecular weight is 401 g/mol. The first-order valence-electron chi connectivity index (χ1n) is 9.80. The van der Waals surface area contributed by atoms with Crippen molar-refractivity contribution in [2.24, 2.45) is 5.92 Å². The lowest BCUT2D eigenvalue weighted by Crippen LogP contribution is -2.52. The molecule has 148 valence electrons. The van der Waals surface area contributed by atoms with Crippen LogP contribution in [0.2, 0.25) is 5.02 Å². The zero-order valence-electron chi connectivity index (χ0n) is 15.9. The number of hydrogen-bond acceptors (Lipinski definition) is 4. The standard InChI is InChI=1S/C22H25ClN2O3/c23-19-6-2-4-8-21(19)27-14-13-24-9-11-25(12-10-24)22(26)18-15-17-5-1-3-7-20(17)28-16-18/h1-8,18H,9-16H2. The number of amides is 1. The lowest BCUT2D eigenvalue weighted by atomic mass is 9.95. The maximum atomic E-state index is 12.9. The third-order valence-electron chi connectivity index (χ3n) is 5.41.